The predicted molar refractivity (Wildman–Crippen MR) is 82.8 cm³/mol. The summed E-state index contributed by atoms with van der Waals surface area (Å²) in [7, 11) is 2.01. The van der Waals surface area contributed by atoms with Gasteiger partial charge in [-0.05, 0) is 44.5 Å². The smallest absolute Gasteiger partial charge is 0.124 e. The summed E-state index contributed by atoms with van der Waals surface area (Å²) in [5.41, 5.74) is 1.26. The van der Waals surface area contributed by atoms with Crippen LogP contribution in [-0.2, 0) is 12.2 Å². The van der Waals surface area contributed by atoms with Crippen molar-refractivity contribution in [2.75, 3.05) is 7.05 Å². The Hall–Kier alpha value is -0.910. The lowest BCUT2D eigenvalue weighted by atomic mass is 9.98. The zero-order valence-electron chi connectivity index (χ0n) is 11.4. The predicted octanol–water partition coefficient (Wildman–Crippen LogP) is 4.17. The summed E-state index contributed by atoms with van der Waals surface area (Å²) in [6, 6.07) is 7.21. The van der Waals surface area contributed by atoms with E-state index in [2.05, 4.69) is 5.32 Å². The first-order valence-corrected chi connectivity index (χ1v) is 8.60. The van der Waals surface area contributed by atoms with Crippen LogP contribution in [0.2, 0.25) is 0 Å². The maximum absolute atomic E-state index is 13.1. The third-order valence-corrected chi connectivity index (χ3v) is 5.90. The number of nitrogens with zero attached hydrogens (tertiary/aromatic N) is 1. The second-order valence-corrected chi connectivity index (χ2v) is 7.06. The highest BCUT2D eigenvalue weighted by Crippen LogP contribution is 2.35. The van der Waals surface area contributed by atoms with Gasteiger partial charge in [-0.2, -0.15) is 0 Å². The molecule has 1 aliphatic carbocycles. The molecule has 0 saturated carbocycles. The Bertz CT molecular complexity index is 597. The fraction of sp³-hybridized carbons (Fsp3) is 0.400. The largest absolute Gasteiger partial charge is 0.312 e. The SMILES string of the molecule is CNC1CCCc2nc(CSc3cccc(F)c3)sc21. The van der Waals surface area contributed by atoms with Crippen molar-refractivity contribution >= 4 is 23.1 Å². The number of nitrogens with one attached hydrogen (secondary N) is 1. The van der Waals surface area contributed by atoms with Crippen LogP contribution < -0.4 is 5.32 Å². The van der Waals surface area contributed by atoms with Gasteiger partial charge in [0.2, 0.25) is 0 Å². The Balaban J connectivity index is 1.71. The normalized spacial score (nSPS) is 18.0. The van der Waals surface area contributed by atoms with Gasteiger partial charge in [0.05, 0.1) is 11.4 Å². The first kappa shape index (κ1) is 14.0. The van der Waals surface area contributed by atoms with Crippen LogP contribution in [0, 0.1) is 5.82 Å². The van der Waals surface area contributed by atoms with Crippen LogP contribution in [0.5, 0.6) is 0 Å². The van der Waals surface area contributed by atoms with Gasteiger partial charge in [0.25, 0.3) is 0 Å². The minimum Gasteiger partial charge on any atom is -0.312 e. The second kappa shape index (κ2) is 6.24. The second-order valence-electron chi connectivity index (χ2n) is 4.90. The number of aryl methyl sites for hydroxylation is 1. The minimum absolute atomic E-state index is 0.177. The van der Waals surface area contributed by atoms with Crippen molar-refractivity contribution in [1.82, 2.24) is 10.3 Å². The molecular weight excluding hydrogens is 291 g/mol. The molecule has 0 amide bonds. The van der Waals surface area contributed by atoms with Crippen LogP contribution in [0.4, 0.5) is 4.39 Å². The van der Waals surface area contributed by atoms with E-state index < -0.39 is 0 Å². The van der Waals surface area contributed by atoms with E-state index in [1.165, 1.54) is 29.5 Å². The topological polar surface area (TPSA) is 24.9 Å². The van der Waals surface area contributed by atoms with E-state index in [-0.39, 0.29) is 5.82 Å². The number of aromatic nitrogens is 1. The molecule has 1 aromatic heterocycles. The fourth-order valence-corrected chi connectivity index (χ4v) is 4.70. The van der Waals surface area contributed by atoms with Crippen molar-refractivity contribution < 1.29 is 4.39 Å². The molecule has 0 saturated heterocycles. The summed E-state index contributed by atoms with van der Waals surface area (Å²) in [4.78, 5) is 7.11. The van der Waals surface area contributed by atoms with E-state index in [0.29, 0.717) is 6.04 Å². The van der Waals surface area contributed by atoms with Crippen LogP contribution in [0.25, 0.3) is 0 Å². The third-order valence-electron chi connectivity index (χ3n) is 3.50. The molecular formula is C15H17FN2S2. The monoisotopic (exact) mass is 308 g/mol. The van der Waals surface area contributed by atoms with Crippen molar-refractivity contribution in [3.63, 3.8) is 0 Å². The number of hydrogen-bond acceptors (Lipinski definition) is 4. The minimum atomic E-state index is -0.177. The lowest BCUT2D eigenvalue weighted by Crippen LogP contribution is -2.19. The number of fused-ring (bicyclic) bond motifs is 1. The van der Waals surface area contributed by atoms with E-state index in [4.69, 9.17) is 4.98 Å². The molecule has 2 aromatic rings. The summed E-state index contributed by atoms with van der Waals surface area (Å²) in [5, 5.41) is 4.51. The number of hydrogen-bond donors (Lipinski definition) is 1. The van der Waals surface area contributed by atoms with Gasteiger partial charge in [-0.15, -0.1) is 23.1 Å². The quantitative estimate of drug-likeness (QED) is 0.858. The van der Waals surface area contributed by atoms with Crippen LogP contribution in [0.1, 0.15) is 34.5 Å². The molecule has 1 aliphatic rings. The summed E-state index contributed by atoms with van der Waals surface area (Å²) in [6.45, 7) is 0. The zero-order valence-corrected chi connectivity index (χ0v) is 13.0. The average molecular weight is 308 g/mol. The number of halogens is 1. The molecule has 1 N–H and O–H groups in total. The molecule has 1 atom stereocenters. The molecule has 0 aliphatic heterocycles. The number of benzene rings is 1. The van der Waals surface area contributed by atoms with Gasteiger partial charge in [-0.1, -0.05) is 6.07 Å². The van der Waals surface area contributed by atoms with Gasteiger partial charge >= 0.3 is 0 Å². The molecule has 1 unspecified atom stereocenters. The summed E-state index contributed by atoms with van der Waals surface area (Å²) in [6.07, 6.45) is 3.50. The fourth-order valence-electron chi connectivity index (χ4n) is 2.51. The first-order valence-electron chi connectivity index (χ1n) is 6.80. The van der Waals surface area contributed by atoms with Crippen molar-refractivity contribution in [3.05, 3.63) is 45.7 Å². The van der Waals surface area contributed by atoms with Crippen molar-refractivity contribution in [3.8, 4) is 0 Å². The van der Waals surface area contributed by atoms with Crippen molar-refractivity contribution in [2.45, 2.75) is 36.0 Å². The van der Waals surface area contributed by atoms with Gasteiger partial charge in [0, 0.05) is 15.8 Å². The maximum Gasteiger partial charge on any atom is 0.124 e. The molecule has 1 aromatic carbocycles. The third kappa shape index (κ3) is 3.05. The zero-order chi connectivity index (χ0) is 13.9. The molecule has 1 heterocycles. The standard InChI is InChI=1S/C15H17FN2S2/c1-17-12-6-3-7-13-15(12)20-14(18-13)9-19-11-5-2-4-10(16)8-11/h2,4-5,8,12,17H,3,6-7,9H2,1H3. The van der Waals surface area contributed by atoms with Crippen LogP contribution >= 0.6 is 23.1 Å². The first-order chi connectivity index (χ1) is 9.76. The van der Waals surface area contributed by atoms with Crippen LogP contribution in [-0.4, -0.2) is 12.0 Å². The Morgan fingerprint density at radius 2 is 2.40 bits per heavy atom. The number of thiazole rings is 1. The summed E-state index contributed by atoms with van der Waals surface area (Å²) >= 11 is 3.45. The van der Waals surface area contributed by atoms with E-state index in [0.717, 1.165) is 22.1 Å². The van der Waals surface area contributed by atoms with Gasteiger partial charge in [-0.25, -0.2) is 9.37 Å². The van der Waals surface area contributed by atoms with E-state index >= 15 is 0 Å². The van der Waals surface area contributed by atoms with Crippen molar-refractivity contribution in [2.24, 2.45) is 0 Å². The molecule has 2 nitrogen and oxygen atoms in total. The molecule has 5 heteroatoms. The number of thioether (sulfide) groups is 1. The van der Waals surface area contributed by atoms with Gasteiger partial charge < -0.3 is 5.32 Å². The average Bonchev–Trinajstić information content (AvgIpc) is 2.88. The highest BCUT2D eigenvalue weighted by atomic mass is 32.2. The Kier molecular flexibility index (Phi) is 4.38. The Morgan fingerprint density at radius 3 is 3.20 bits per heavy atom. The highest BCUT2D eigenvalue weighted by Gasteiger charge is 2.23. The Morgan fingerprint density at radius 1 is 1.50 bits per heavy atom. The van der Waals surface area contributed by atoms with Gasteiger partial charge in [0.15, 0.2) is 0 Å². The molecule has 0 radical (unpaired) electrons. The lowest BCUT2D eigenvalue weighted by Gasteiger charge is -2.20. The van der Waals surface area contributed by atoms with Crippen LogP contribution in [0.3, 0.4) is 0 Å². The molecule has 106 valence electrons. The maximum atomic E-state index is 13.1. The van der Waals surface area contributed by atoms with Crippen LogP contribution in [0.15, 0.2) is 29.2 Å². The Labute approximate surface area is 126 Å². The molecule has 0 bridgehead atoms. The highest BCUT2D eigenvalue weighted by molar-refractivity contribution is 7.98. The van der Waals surface area contributed by atoms with Gasteiger partial charge in [-0.3, -0.25) is 0 Å². The summed E-state index contributed by atoms with van der Waals surface area (Å²) in [5.74, 6) is 0.640. The van der Waals surface area contributed by atoms with Gasteiger partial charge in [0.1, 0.15) is 10.8 Å². The number of rotatable bonds is 4. The lowest BCUT2D eigenvalue weighted by molar-refractivity contribution is 0.501. The molecule has 0 spiro atoms. The summed E-state index contributed by atoms with van der Waals surface area (Å²) < 4.78 is 13.1. The van der Waals surface area contributed by atoms with E-state index in [1.54, 1.807) is 35.2 Å². The molecule has 20 heavy (non-hydrogen) atoms. The van der Waals surface area contributed by atoms with Crippen molar-refractivity contribution in [1.29, 1.82) is 0 Å². The molecule has 0 fully saturated rings. The van der Waals surface area contributed by atoms with E-state index in [9.17, 15) is 4.39 Å². The molecule has 3 rings (SSSR count). The van der Waals surface area contributed by atoms with E-state index in [1.807, 2.05) is 13.1 Å².